The number of hydrogen-bond donors (Lipinski definition) is 2. The molecule has 0 atom stereocenters. The molecule has 1 aromatic carbocycles. The van der Waals surface area contributed by atoms with Crippen molar-refractivity contribution in [2.45, 2.75) is 13.5 Å². The molecule has 0 spiro atoms. The molecule has 1 aromatic heterocycles. The zero-order chi connectivity index (χ0) is 15.2. The third kappa shape index (κ3) is 3.97. The number of ether oxygens (including phenoxy) is 1. The van der Waals surface area contributed by atoms with Crippen LogP contribution < -0.4 is 15.4 Å². The van der Waals surface area contributed by atoms with Gasteiger partial charge in [-0.3, -0.25) is 4.79 Å². The number of carbonyl (C=O) groups excluding carboxylic acids is 1. The molecular weight excluding hydrogens is 286 g/mol. The van der Waals surface area contributed by atoms with Crippen LogP contribution in [0.3, 0.4) is 0 Å². The third-order valence-electron chi connectivity index (χ3n) is 2.76. The van der Waals surface area contributed by atoms with Crippen molar-refractivity contribution in [3.05, 3.63) is 40.1 Å². The van der Waals surface area contributed by atoms with Crippen LogP contribution in [0.5, 0.6) is 5.75 Å². The number of hydrogen-bond acceptors (Lipinski definition) is 5. The Balaban J connectivity index is 2.13. The minimum Gasteiger partial charge on any atom is -0.495 e. The highest BCUT2D eigenvalue weighted by atomic mass is 32.1. The first kappa shape index (κ1) is 14.9. The first-order valence-electron chi connectivity index (χ1n) is 6.29. The zero-order valence-corrected chi connectivity index (χ0v) is 12.6. The van der Waals surface area contributed by atoms with Crippen molar-refractivity contribution in [2.75, 3.05) is 17.7 Å². The van der Waals surface area contributed by atoms with Crippen LogP contribution in [0.1, 0.15) is 17.4 Å². The Morgan fingerprint density at radius 1 is 1.43 bits per heavy atom. The fraction of sp³-hybridized carbons (Fsp3) is 0.200. The Kier molecular flexibility index (Phi) is 4.80. The second-order valence-corrected chi connectivity index (χ2v) is 5.36. The molecule has 1 heterocycles. The van der Waals surface area contributed by atoms with Gasteiger partial charge >= 0.3 is 0 Å². The predicted molar refractivity (Wildman–Crippen MR) is 83.7 cm³/mol. The molecule has 2 rings (SSSR count). The normalized spacial score (nSPS) is 9.76. The zero-order valence-electron chi connectivity index (χ0n) is 11.8. The molecule has 0 aliphatic heterocycles. The number of anilines is 2. The van der Waals surface area contributed by atoms with E-state index in [0.29, 0.717) is 23.5 Å². The molecule has 5 nitrogen and oxygen atoms in total. The first-order valence-corrected chi connectivity index (χ1v) is 7.17. The van der Waals surface area contributed by atoms with Gasteiger partial charge in [0.15, 0.2) is 0 Å². The maximum atomic E-state index is 11.1. The highest BCUT2D eigenvalue weighted by Gasteiger charge is 2.06. The molecule has 0 aliphatic rings. The summed E-state index contributed by atoms with van der Waals surface area (Å²) in [5, 5.41) is 16.6. The molecule has 6 heteroatoms. The smallest absolute Gasteiger partial charge is 0.221 e. The number of thiophene rings is 1. The van der Waals surface area contributed by atoms with Gasteiger partial charge in [0.1, 0.15) is 11.8 Å². The monoisotopic (exact) mass is 301 g/mol. The molecule has 2 N–H and O–H groups in total. The van der Waals surface area contributed by atoms with Crippen molar-refractivity contribution in [3.8, 4) is 11.8 Å². The van der Waals surface area contributed by atoms with Gasteiger partial charge in [0, 0.05) is 29.4 Å². The summed E-state index contributed by atoms with van der Waals surface area (Å²) in [7, 11) is 1.59. The second-order valence-electron chi connectivity index (χ2n) is 4.36. The predicted octanol–water partition coefficient (Wildman–Crippen LogP) is 3.20. The second kappa shape index (κ2) is 6.77. The van der Waals surface area contributed by atoms with Crippen LogP contribution in [0.15, 0.2) is 29.6 Å². The van der Waals surface area contributed by atoms with Gasteiger partial charge in [-0.25, -0.2) is 0 Å². The SMILES string of the molecule is COc1ccc(NC(C)=O)cc1NCc1cc(C#N)cs1. The quantitative estimate of drug-likeness (QED) is 0.889. The van der Waals surface area contributed by atoms with E-state index in [1.807, 2.05) is 17.5 Å². The Bertz CT molecular complexity index is 688. The number of nitriles is 1. The van der Waals surface area contributed by atoms with E-state index in [0.717, 1.165) is 10.6 Å². The summed E-state index contributed by atoms with van der Waals surface area (Å²) in [6.45, 7) is 2.05. The van der Waals surface area contributed by atoms with E-state index < -0.39 is 0 Å². The van der Waals surface area contributed by atoms with Crippen LogP contribution >= 0.6 is 11.3 Å². The van der Waals surface area contributed by atoms with Crippen LogP contribution in [0.4, 0.5) is 11.4 Å². The lowest BCUT2D eigenvalue weighted by molar-refractivity contribution is -0.114. The molecule has 0 radical (unpaired) electrons. The van der Waals surface area contributed by atoms with Crippen molar-refractivity contribution in [1.82, 2.24) is 0 Å². The van der Waals surface area contributed by atoms with E-state index in [9.17, 15) is 4.79 Å². The van der Waals surface area contributed by atoms with E-state index >= 15 is 0 Å². The van der Waals surface area contributed by atoms with Crippen LogP contribution in [-0.2, 0) is 11.3 Å². The number of nitrogens with zero attached hydrogens (tertiary/aromatic N) is 1. The molecule has 0 saturated heterocycles. The number of methoxy groups -OCH3 is 1. The molecule has 0 fully saturated rings. The van der Waals surface area contributed by atoms with Gasteiger partial charge in [0.2, 0.25) is 5.91 Å². The summed E-state index contributed by atoms with van der Waals surface area (Å²) < 4.78 is 5.30. The Morgan fingerprint density at radius 3 is 2.86 bits per heavy atom. The van der Waals surface area contributed by atoms with Gasteiger partial charge in [0.25, 0.3) is 0 Å². The summed E-state index contributed by atoms with van der Waals surface area (Å²) in [5.74, 6) is 0.573. The number of amides is 1. The van der Waals surface area contributed by atoms with Gasteiger partial charge in [0.05, 0.1) is 18.4 Å². The van der Waals surface area contributed by atoms with E-state index in [1.54, 1.807) is 19.2 Å². The van der Waals surface area contributed by atoms with E-state index in [-0.39, 0.29) is 5.91 Å². The average molecular weight is 301 g/mol. The molecule has 2 aromatic rings. The molecule has 108 valence electrons. The number of nitrogens with one attached hydrogen (secondary N) is 2. The summed E-state index contributed by atoms with van der Waals surface area (Å²) >= 11 is 1.53. The van der Waals surface area contributed by atoms with Crippen LogP contribution in [0.2, 0.25) is 0 Å². The average Bonchev–Trinajstić information content (AvgIpc) is 2.92. The van der Waals surface area contributed by atoms with Gasteiger partial charge in [-0.2, -0.15) is 5.26 Å². The lowest BCUT2D eigenvalue weighted by Crippen LogP contribution is -2.07. The summed E-state index contributed by atoms with van der Waals surface area (Å²) in [6.07, 6.45) is 0. The maximum absolute atomic E-state index is 11.1. The fourth-order valence-electron chi connectivity index (χ4n) is 1.84. The highest BCUT2D eigenvalue weighted by molar-refractivity contribution is 7.10. The van der Waals surface area contributed by atoms with Crippen LogP contribution in [0, 0.1) is 11.3 Å². The topological polar surface area (TPSA) is 74.2 Å². The fourth-order valence-corrected chi connectivity index (χ4v) is 2.59. The molecule has 0 aliphatic carbocycles. The minimum absolute atomic E-state index is 0.122. The Labute approximate surface area is 127 Å². The number of carbonyl (C=O) groups is 1. The highest BCUT2D eigenvalue weighted by Crippen LogP contribution is 2.28. The number of rotatable bonds is 5. The Hall–Kier alpha value is -2.52. The summed E-state index contributed by atoms with van der Waals surface area (Å²) in [5.41, 5.74) is 2.15. The maximum Gasteiger partial charge on any atom is 0.221 e. The summed E-state index contributed by atoms with van der Waals surface area (Å²) in [6, 6.07) is 9.35. The molecule has 0 unspecified atom stereocenters. The van der Waals surface area contributed by atoms with Crippen molar-refractivity contribution in [1.29, 1.82) is 5.26 Å². The molecule has 1 amide bonds. The first-order chi connectivity index (χ1) is 10.1. The standard InChI is InChI=1S/C15H15N3O2S/c1-10(19)18-12-3-4-15(20-2)14(6-12)17-8-13-5-11(7-16)9-21-13/h3-6,9,17H,8H2,1-2H3,(H,18,19). The van der Waals surface area contributed by atoms with Crippen LogP contribution in [-0.4, -0.2) is 13.0 Å². The lowest BCUT2D eigenvalue weighted by Gasteiger charge is -2.12. The summed E-state index contributed by atoms with van der Waals surface area (Å²) in [4.78, 5) is 12.2. The van der Waals surface area contributed by atoms with Gasteiger partial charge < -0.3 is 15.4 Å². The molecule has 21 heavy (non-hydrogen) atoms. The van der Waals surface area contributed by atoms with Crippen molar-refractivity contribution >= 4 is 28.6 Å². The molecule has 0 saturated carbocycles. The minimum atomic E-state index is -0.122. The molecular formula is C15H15N3O2S. The van der Waals surface area contributed by atoms with Gasteiger partial charge in [-0.1, -0.05) is 0 Å². The van der Waals surface area contributed by atoms with Crippen LogP contribution in [0.25, 0.3) is 0 Å². The van der Waals surface area contributed by atoms with E-state index in [1.165, 1.54) is 18.3 Å². The van der Waals surface area contributed by atoms with Crippen molar-refractivity contribution in [3.63, 3.8) is 0 Å². The largest absolute Gasteiger partial charge is 0.495 e. The van der Waals surface area contributed by atoms with E-state index in [2.05, 4.69) is 16.7 Å². The molecule has 0 bridgehead atoms. The van der Waals surface area contributed by atoms with Gasteiger partial charge in [-0.15, -0.1) is 11.3 Å². The lowest BCUT2D eigenvalue weighted by atomic mass is 10.2. The van der Waals surface area contributed by atoms with Crippen molar-refractivity contribution < 1.29 is 9.53 Å². The third-order valence-corrected chi connectivity index (χ3v) is 3.69. The Morgan fingerprint density at radius 2 is 2.24 bits per heavy atom. The van der Waals surface area contributed by atoms with E-state index in [4.69, 9.17) is 10.00 Å². The number of benzene rings is 1. The van der Waals surface area contributed by atoms with Gasteiger partial charge in [-0.05, 0) is 24.3 Å². The van der Waals surface area contributed by atoms with Crippen molar-refractivity contribution in [2.24, 2.45) is 0 Å².